The molecule has 0 aromatic heterocycles. The molecule has 1 aliphatic rings. The van der Waals surface area contributed by atoms with Gasteiger partial charge in [0.1, 0.15) is 0 Å². The van der Waals surface area contributed by atoms with Gasteiger partial charge in [-0.15, -0.1) is 0 Å². The van der Waals surface area contributed by atoms with Crippen LogP contribution in [0.1, 0.15) is 43.2 Å². The summed E-state index contributed by atoms with van der Waals surface area (Å²) in [7, 11) is 0. The minimum Gasteiger partial charge on any atom is -0.338 e. The van der Waals surface area contributed by atoms with Crippen molar-refractivity contribution in [3.63, 3.8) is 0 Å². The third-order valence-electron chi connectivity index (χ3n) is 4.56. The Morgan fingerprint density at radius 2 is 1.10 bits per heavy atom. The monoisotopic (exact) mass is 279 g/mol. The second kappa shape index (κ2) is 6.34. The van der Waals surface area contributed by atoms with Crippen LogP contribution in [0.25, 0.3) is 0 Å². The Morgan fingerprint density at radius 3 is 1.52 bits per heavy atom. The summed E-state index contributed by atoms with van der Waals surface area (Å²) in [5.74, 6) is 0. The first-order valence-electron chi connectivity index (χ1n) is 8.16. The van der Waals surface area contributed by atoms with E-state index in [9.17, 15) is 0 Å². The highest BCUT2D eigenvalue weighted by Gasteiger charge is 2.22. The maximum Gasteiger partial charge on any atom is 0.0413 e. The van der Waals surface area contributed by atoms with Crippen molar-refractivity contribution >= 4 is 11.4 Å². The fourth-order valence-electron chi connectivity index (χ4n) is 3.32. The standard InChI is InChI=1S/C20H25N/c1-16-8-12-19(13-9-16)21(18-6-4-3-5-7-18)20-14-10-17(2)11-15-20/h8-15,18H,3-7H2,1-2H3. The highest BCUT2D eigenvalue weighted by Crippen LogP contribution is 2.34. The van der Waals surface area contributed by atoms with Gasteiger partial charge >= 0.3 is 0 Å². The van der Waals surface area contributed by atoms with Gasteiger partial charge in [-0.25, -0.2) is 0 Å². The molecule has 2 aromatic rings. The van der Waals surface area contributed by atoms with Crippen LogP contribution in [-0.4, -0.2) is 6.04 Å². The lowest BCUT2D eigenvalue weighted by Gasteiger charge is -2.36. The van der Waals surface area contributed by atoms with E-state index in [0.717, 1.165) is 0 Å². The van der Waals surface area contributed by atoms with Gasteiger partial charge in [-0.2, -0.15) is 0 Å². The number of nitrogens with zero attached hydrogens (tertiary/aromatic N) is 1. The van der Waals surface area contributed by atoms with E-state index in [4.69, 9.17) is 0 Å². The maximum atomic E-state index is 2.55. The maximum absolute atomic E-state index is 2.55. The van der Waals surface area contributed by atoms with Gasteiger partial charge in [0.15, 0.2) is 0 Å². The van der Waals surface area contributed by atoms with Crippen molar-refractivity contribution in [1.82, 2.24) is 0 Å². The average Bonchev–Trinajstić information content (AvgIpc) is 2.52. The highest BCUT2D eigenvalue weighted by atomic mass is 15.2. The summed E-state index contributed by atoms with van der Waals surface area (Å²) < 4.78 is 0. The van der Waals surface area contributed by atoms with Crippen molar-refractivity contribution in [2.75, 3.05) is 4.90 Å². The third kappa shape index (κ3) is 3.29. The number of rotatable bonds is 3. The first-order chi connectivity index (χ1) is 10.2. The molecule has 1 saturated carbocycles. The number of benzene rings is 2. The van der Waals surface area contributed by atoms with Crippen LogP contribution in [-0.2, 0) is 0 Å². The zero-order valence-corrected chi connectivity index (χ0v) is 13.2. The minimum atomic E-state index is 0.643. The number of hydrogen-bond acceptors (Lipinski definition) is 1. The molecule has 2 aromatic carbocycles. The first-order valence-corrected chi connectivity index (χ1v) is 8.16. The van der Waals surface area contributed by atoms with Crippen LogP contribution < -0.4 is 4.90 Å². The van der Waals surface area contributed by atoms with Crippen LogP contribution in [0.3, 0.4) is 0 Å². The molecule has 1 heteroatoms. The van der Waals surface area contributed by atoms with E-state index in [0.29, 0.717) is 6.04 Å². The number of aryl methyl sites for hydroxylation is 2. The molecule has 0 amide bonds. The molecule has 0 saturated heterocycles. The lowest BCUT2D eigenvalue weighted by Crippen LogP contribution is -2.32. The molecular weight excluding hydrogens is 254 g/mol. The molecule has 0 spiro atoms. The fraction of sp³-hybridized carbons (Fsp3) is 0.400. The minimum absolute atomic E-state index is 0.643. The fourth-order valence-corrected chi connectivity index (χ4v) is 3.32. The Labute approximate surface area is 128 Å². The van der Waals surface area contributed by atoms with E-state index in [2.05, 4.69) is 67.3 Å². The van der Waals surface area contributed by atoms with Gasteiger partial charge in [0.25, 0.3) is 0 Å². The summed E-state index contributed by atoms with van der Waals surface area (Å²) in [5.41, 5.74) is 5.31. The molecular formula is C20H25N. The molecule has 3 rings (SSSR count). The number of hydrogen-bond donors (Lipinski definition) is 0. The van der Waals surface area contributed by atoms with Crippen molar-refractivity contribution in [3.05, 3.63) is 59.7 Å². The van der Waals surface area contributed by atoms with Crippen molar-refractivity contribution in [2.45, 2.75) is 52.0 Å². The van der Waals surface area contributed by atoms with Gasteiger partial charge in [0.05, 0.1) is 0 Å². The Morgan fingerprint density at radius 1 is 0.667 bits per heavy atom. The van der Waals surface area contributed by atoms with Crippen molar-refractivity contribution in [2.24, 2.45) is 0 Å². The lowest BCUT2D eigenvalue weighted by molar-refractivity contribution is 0.436. The van der Waals surface area contributed by atoms with E-state index < -0.39 is 0 Å². The molecule has 21 heavy (non-hydrogen) atoms. The van der Waals surface area contributed by atoms with E-state index in [1.165, 1.54) is 54.6 Å². The van der Waals surface area contributed by atoms with Gasteiger partial charge in [-0.3, -0.25) is 0 Å². The summed E-state index contributed by atoms with van der Waals surface area (Å²) in [4.78, 5) is 2.55. The van der Waals surface area contributed by atoms with Gasteiger partial charge in [0.2, 0.25) is 0 Å². The largest absolute Gasteiger partial charge is 0.338 e. The van der Waals surface area contributed by atoms with Crippen molar-refractivity contribution < 1.29 is 0 Å². The quantitative estimate of drug-likeness (QED) is 0.689. The smallest absolute Gasteiger partial charge is 0.0413 e. The zero-order chi connectivity index (χ0) is 14.7. The molecule has 0 N–H and O–H groups in total. The van der Waals surface area contributed by atoms with Gasteiger partial charge in [-0.05, 0) is 51.0 Å². The normalized spacial score (nSPS) is 15.9. The average molecular weight is 279 g/mol. The lowest BCUT2D eigenvalue weighted by atomic mass is 9.93. The van der Waals surface area contributed by atoms with Crippen LogP contribution in [0.15, 0.2) is 48.5 Å². The van der Waals surface area contributed by atoms with E-state index >= 15 is 0 Å². The SMILES string of the molecule is Cc1ccc(N(c2ccc(C)cc2)C2CCCCC2)cc1. The summed E-state index contributed by atoms with van der Waals surface area (Å²) in [6, 6.07) is 18.6. The van der Waals surface area contributed by atoms with Gasteiger partial charge in [-0.1, -0.05) is 54.7 Å². The van der Waals surface area contributed by atoms with Gasteiger partial charge in [0, 0.05) is 17.4 Å². The van der Waals surface area contributed by atoms with Crippen molar-refractivity contribution in [3.8, 4) is 0 Å². The summed E-state index contributed by atoms with van der Waals surface area (Å²) in [5, 5.41) is 0. The van der Waals surface area contributed by atoms with Crippen molar-refractivity contribution in [1.29, 1.82) is 0 Å². The molecule has 0 heterocycles. The van der Waals surface area contributed by atoms with E-state index in [1.54, 1.807) is 0 Å². The molecule has 0 radical (unpaired) electrons. The molecule has 1 aliphatic carbocycles. The first kappa shape index (κ1) is 14.2. The Bertz CT molecular complexity index is 516. The van der Waals surface area contributed by atoms with Crippen LogP contribution >= 0.6 is 0 Å². The molecule has 1 nitrogen and oxygen atoms in total. The van der Waals surface area contributed by atoms with Crippen LogP contribution in [0.5, 0.6) is 0 Å². The van der Waals surface area contributed by atoms with Gasteiger partial charge < -0.3 is 4.90 Å². The second-order valence-corrected chi connectivity index (χ2v) is 6.33. The molecule has 1 fully saturated rings. The Hall–Kier alpha value is -1.76. The van der Waals surface area contributed by atoms with Crippen LogP contribution in [0, 0.1) is 13.8 Å². The second-order valence-electron chi connectivity index (χ2n) is 6.33. The molecule has 0 bridgehead atoms. The zero-order valence-electron chi connectivity index (χ0n) is 13.2. The predicted octanol–water partition coefficient (Wildman–Crippen LogP) is 5.77. The molecule has 0 atom stereocenters. The summed E-state index contributed by atoms with van der Waals surface area (Å²) in [6.07, 6.45) is 6.73. The Balaban J connectivity index is 1.97. The van der Waals surface area contributed by atoms with E-state index in [-0.39, 0.29) is 0 Å². The summed E-state index contributed by atoms with van der Waals surface area (Å²) in [6.45, 7) is 4.31. The highest BCUT2D eigenvalue weighted by molar-refractivity contribution is 5.64. The van der Waals surface area contributed by atoms with Crippen LogP contribution in [0.2, 0.25) is 0 Å². The van der Waals surface area contributed by atoms with Crippen LogP contribution in [0.4, 0.5) is 11.4 Å². The molecule has 0 unspecified atom stereocenters. The predicted molar refractivity (Wildman–Crippen MR) is 91.4 cm³/mol. The topological polar surface area (TPSA) is 3.24 Å². The molecule has 0 aliphatic heterocycles. The summed E-state index contributed by atoms with van der Waals surface area (Å²) >= 11 is 0. The third-order valence-corrected chi connectivity index (χ3v) is 4.56. The molecule has 110 valence electrons. The number of anilines is 2. The van der Waals surface area contributed by atoms with E-state index in [1.807, 2.05) is 0 Å². The Kier molecular flexibility index (Phi) is 4.28.